The molecular formula is C14H20FNO. The Morgan fingerprint density at radius 3 is 2.76 bits per heavy atom. The van der Waals surface area contributed by atoms with Crippen LogP contribution in [-0.4, -0.2) is 20.2 Å². The van der Waals surface area contributed by atoms with Gasteiger partial charge in [-0.25, -0.2) is 4.39 Å². The fraction of sp³-hybridized carbons (Fsp3) is 0.571. The number of halogens is 1. The van der Waals surface area contributed by atoms with Gasteiger partial charge in [-0.2, -0.15) is 0 Å². The second-order valence-electron chi connectivity index (χ2n) is 4.72. The summed E-state index contributed by atoms with van der Waals surface area (Å²) in [6.07, 6.45) is 4.57. The van der Waals surface area contributed by atoms with E-state index in [1.807, 2.05) is 19.2 Å². The summed E-state index contributed by atoms with van der Waals surface area (Å²) < 4.78 is 19.0. The van der Waals surface area contributed by atoms with Crippen molar-refractivity contribution in [3.05, 3.63) is 29.6 Å². The summed E-state index contributed by atoms with van der Waals surface area (Å²) in [4.78, 5) is 0. The lowest BCUT2D eigenvalue weighted by molar-refractivity contribution is 0.234. The summed E-state index contributed by atoms with van der Waals surface area (Å²) in [5.74, 6) is 0.825. The van der Waals surface area contributed by atoms with E-state index in [-0.39, 0.29) is 5.82 Å². The first-order chi connectivity index (χ1) is 8.26. The van der Waals surface area contributed by atoms with Crippen molar-refractivity contribution in [3.8, 4) is 5.75 Å². The molecule has 1 atom stereocenters. The lowest BCUT2D eigenvalue weighted by Crippen LogP contribution is -2.39. The standard InChI is InChI=1S/C14H20FNO/c1-16-12(10-5-3-6-10)9-11-7-4-8-13(17-2)14(11)15/h4,7-8,10,12,16H,3,5-6,9H2,1-2H3. The molecule has 1 aromatic carbocycles. The third kappa shape index (κ3) is 2.60. The molecule has 1 N–H and O–H groups in total. The molecular weight excluding hydrogens is 217 g/mol. The van der Waals surface area contributed by atoms with Gasteiger partial charge in [-0.3, -0.25) is 0 Å². The number of hydrogen-bond donors (Lipinski definition) is 1. The van der Waals surface area contributed by atoms with E-state index in [1.54, 1.807) is 6.07 Å². The molecule has 0 bridgehead atoms. The Morgan fingerprint density at radius 2 is 2.24 bits per heavy atom. The van der Waals surface area contributed by atoms with Gasteiger partial charge in [-0.15, -0.1) is 0 Å². The van der Waals surface area contributed by atoms with Crippen molar-refractivity contribution >= 4 is 0 Å². The average Bonchev–Trinajstić information content (AvgIpc) is 2.28. The van der Waals surface area contributed by atoms with Gasteiger partial charge in [-0.1, -0.05) is 18.6 Å². The van der Waals surface area contributed by atoms with E-state index in [4.69, 9.17) is 4.74 Å². The first-order valence-corrected chi connectivity index (χ1v) is 6.25. The minimum atomic E-state index is -0.213. The van der Waals surface area contributed by atoms with Crippen molar-refractivity contribution < 1.29 is 9.13 Å². The number of likely N-dealkylation sites (N-methyl/N-ethyl adjacent to an activating group) is 1. The Kier molecular flexibility index (Phi) is 4.00. The zero-order chi connectivity index (χ0) is 12.3. The van der Waals surface area contributed by atoms with Crippen LogP contribution in [0.4, 0.5) is 4.39 Å². The van der Waals surface area contributed by atoms with E-state index in [0.29, 0.717) is 17.7 Å². The average molecular weight is 237 g/mol. The van der Waals surface area contributed by atoms with Gasteiger partial charge < -0.3 is 10.1 Å². The topological polar surface area (TPSA) is 21.3 Å². The van der Waals surface area contributed by atoms with Crippen LogP contribution in [0.1, 0.15) is 24.8 Å². The maximum Gasteiger partial charge on any atom is 0.168 e. The van der Waals surface area contributed by atoms with Crippen LogP contribution >= 0.6 is 0 Å². The Labute approximate surface area is 102 Å². The molecule has 0 spiro atoms. The number of ether oxygens (including phenoxy) is 1. The van der Waals surface area contributed by atoms with Crippen molar-refractivity contribution in [2.75, 3.05) is 14.2 Å². The first kappa shape index (κ1) is 12.4. The van der Waals surface area contributed by atoms with Crippen LogP contribution in [0, 0.1) is 11.7 Å². The zero-order valence-electron chi connectivity index (χ0n) is 10.5. The minimum Gasteiger partial charge on any atom is -0.494 e. The van der Waals surface area contributed by atoms with E-state index in [0.717, 1.165) is 12.0 Å². The molecule has 1 saturated carbocycles. The van der Waals surface area contributed by atoms with Gasteiger partial charge in [0.1, 0.15) is 0 Å². The molecule has 1 unspecified atom stereocenters. The van der Waals surface area contributed by atoms with Crippen LogP contribution < -0.4 is 10.1 Å². The Balaban J connectivity index is 2.11. The van der Waals surface area contributed by atoms with Gasteiger partial charge in [0.15, 0.2) is 11.6 Å². The Morgan fingerprint density at radius 1 is 1.47 bits per heavy atom. The van der Waals surface area contributed by atoms with Gasteiger partial charge in [0, 0.05) is 6.04 Å². The summed E-state index contributed by atoms with van der Waals surface area (Å²) in [5, 5.41) is 3.31. The van der Waals surface area contributed by atoms with Crippen LogP contribution in [0.3, 0.4) is 0 Å². The molecule has 1 aliphatic carbocycles. The van der Waals surface area contributed by atoms with Crippen LogP contribution in [0.15, 0.2) is 18.2 Å². The molecule has 2 nitrogen and oxygen atoms in total. The van der Waals surface area contributed by atoms with Crippen molar-refractivity contribution in [2.45, 2.75) is 31.7 Å². The number of hydrogen-bond acceptors (Lipinski definition) is 2. The Hall–Kier alpha value is -1.09. The van der Waals surface area contributed by atoms with Gasteiger partial charge in [0.2, 0.25) is 0 Å². The van der Waals surface area contributed by atoms with Crippen LogP contribution in [0.5, 0.6) is 5.75 Å². The van der Waals surface area contributed by atoms with Gasteiger partial charge >= 0.3 is 0 Å². The summed E-state index contributed by atoms with van der Waals surface area (Å²) >= 11 is 0. The molecule has 0 saturated heterocycles. The number of nitrogens with one attached hydrogen (secondary N) is 1. The first-order valence-electron chi connectivity index (χ1n) is 6.25. The van der Waals surface area contributed by atoms with E-state index in [1.165, 1.54) is 26.4 Å². The van der Waals surface area contributed by atoms with E-state index in [9.17, 15) is 4.39 Å². The molecule has 1 aromatic rings. The quantitative estimate of drug-likeness (QED) is 0.850. The van der Waals surface area contributed by atoms with Crippen LogP contribution in [0.2, 0.25) is 0 Å². The summed E-state index contributed by atoms with van der Waals surface area (Å²) in [5.41, 5.74) is 0.746. The molecule has 0 aromatic heterocycles. The monoisotopic (exact) mass is 237 g/mol. The SMILES string of the molecule is CNC(Cc1cccc(OC)c1F)C1CCC1. The molecule has 0 amide bonds. The minimum absolute atomic E-state index is 0.213. The maximum absolute atomic E-state index is 14.0. The molecule has 0 heterocycles. The van der Waals surface area contributed by atoms with Gasteiger partial charge in [0.05, 0.1) is 7.11 Å². The Bertz CT molecular complexity index is 376. The molecule has 0 radical (unpaired) electrons. The highest BCUT2D eigenvalue weighted by Crippen LogP contribution is 2.32. The second kappa shape index (κ2) is 5.50. The van der Waals surface area contributed by atoms with Crippen LogP contribution in [-0.2, 0) is 6.42 Å². The van der Waals surface area contributed by atoms with E-state index < -0.39 is 0 Å². The predicted octanol–water partition coefficient (Wildman–Crippen LogP) is 2.76. The molecule has 1 aliphatic rings. The highest BCUT2D eigenvalue weighted by atomic mass is 19.1. The highest BCUT2D eigenvalue weighted by Gasteiger charge is 2.27. The van der Waals surface area contributed by atoms with Gasteiger partial charge in [-0.05, 0) is 43.9 Å². The summed E-state index contributed by atoms with van der Waals surface area (Å²) in [6.45, 7) is 0. The summed E-state index contributed by atoms with van der Waals surface area (Å²) in [6, 6.07) is 5.74. The maximum atomic E-state index is 14.0. The third-order valence-corrected chi connectivity index (χ3v) is 3.79. The van der Waals surface area contributed by atoms with E-state index in [2.05, 4.69) is 5.32 Å². The number of rotatable bonds is 5. The molecule has 3 heteroatoms. The lowest BCUT2D eigenvalue weighted by atomic mass is 9.77. The highest BCUT2D eigenvalue weighted by molar-refractivity contribution is 5.31. The lowest BCUT2D eigenvalue weighted by Gasteiger charge is -2.33. The van der Waals surface area contributed by atoms with Gasteiger partial charge in [0.25, 0.3) is 0 Å². The van der Waals surface area contributed by atoms with Crippen molar-refractivity contribution in [1.82, 2.24) is 5.32 Å². The number of benzene rings is 1. The fourth-order valence-electron chi connectivity index (χ4n) is 2.46. The fourth-order valence-corrected chi connectivity index (χ4v) is 2.46. The predicted molar refractivity (Wildman–Crippen MR) is 66.8 cm³/mol. The van der Waals surface area contributed by atoms with Crippen molar-refractivity contribution in [2.24, 2.45) is 5.92 Å². The second-order valence-corrected chi connectivity index (χ2v) is 4.72. The van der Waals surface area contributed by atoms with Crippen molar-refractivity contribution in [1.29, 1.82) is 0 Å². The van der Waals surface area contributed by atoms with Crippen LogP contribution in [0.25, 0.3) is 0 Å². The molecule has 94 valence electrons. The molecule has 17 heavy (non-hydrogen) atoms. The third-order valence-electron chi connectivity index (χ3n) is 3.79. The zero-order valence-corrected chi connectivity index (χ0v) is 10.5. The molecule has 1 fully saturated rings. The summed E-state index contributed by atoms with van der Waals surface area (Å²) in [7, 11) is 3.46. The van der Waals surface area contributed by atoms with E-state index >= 15 is 0 Å². The molecule has 2 rings (SSSR count). The van der Waals surface area contributed by atoms with Crippen molar-refractivity contribution in [3.63, 3.8) is 0 Å². The largest absolute Gasteiger partial charge is 0.494 e. The molecule has 0 aliphatic heterocycles. The number of methoxy groups -OCH3 is 1. The normalized spacial score (nSPS) is 17.6. The smallest absolute Gasteiger partial charge is 0.168 e.